The Hall–Kier alpha value is -2.64. The fourth-order valence-corrected chi connectivity index (χ4v) is 3.78. The molecule has 0 aliphatic rings. The fraction of sp³-hybridized carbons (Fsp3) is 0.0952. The molecule has 28 heavy (non-hydrogen) atoms. The molecule has 2 heterocycles. The highest BCUT2D eigenvalue weighted by Crippen LogP contribution is 2.28. The zero-order valence-corrected chi connectivity index (χ0v) is 17.2. The van der Waals surface area contributed by atoms with Crippen molar-refractivity contribution in [1.82, 2.24) is 15.3 Å². The lowest BCUT2D eigenvalue weighted by molar-refractivity contribution is -0.118. The number of carbonyl (C=O) groups excluding carboxylic acids is 1. The molecule has 0 aliphatic carbocycles. The predicted molar refractivity (Wildman–Crippen MR) is 114 cm³/mol. The number of furan rings is 1. The van der Waals surface area contributed by atoms with E-state index in [-0.39, 0.29) is 11.7 Å². The standard InChI is InChI=1S/C21H16BrN3O2S/c22-15-9-7-14(8-10-15)20-24-18-6-2-1-5-17(18)21(25-20)28-13-19(26)23-12-16-4-3-11-27-16/h1-11H,12-13H2,(H,23,26). The number of para-hydroxylation sites is 1. The molecule has 4 rings (SSSR count). The molecule has 2 aromatic heterocycles. The fourth-order valence-electron chi connectivity index (χ4n) is 2.67. The van der Waals surface area contributed by atoms with Gasteiger partial charge < -0.3 is 9.73 Å². The van der Waals surface area contributed by atoms with Crippen LogP contribution >= 0.6 is 27.7 Å². The van der Waals surface area contributed by atoms with Crippen molar-refractivity contribution < 1.29 is 9.21 Å². The third-order valence-corrected chi connectivity index (χ3v) is 5.57. The Morgan fingerprint density at radius 1 is 1.04 bits per heavy atom. The summed E-state index contributed by atoms with van der Waals surface area (Å²) < 4.78 is 6.23. The van der Waals surface area contributed by atoms with Gasteiger partial charge in [-0.1, -0.05) is 58.0 Å². The van der Waals surface area contributed by atoms with Crippen molar-refractivity contribution in [2.24, 2.45) is 0 Å². The van der Waals surface area contributed by atoms with Crippen LogP contribution in [0.2, 0.25) is 0 Å². The molecule has 2 aromatic carbocycles. The molecule has 5 nitrogen and oxygen atoms in total. The van der Waals surface area contributed by atoms with E-state index in [1.807, 2.05) is 54.6 Å². The Kier molecular flexibility index (Phi) is 5.73. The summed E-state index contributed by atoms with van der Waals surface area (Å²) in [5.41, 5.74) is 1.78. The minimum absolute atomic E-state index is 0.0747. The van der Waals surface area contributed by atoms with Crippen molar-refractivity contribution in [1.29, 1.82) is 0 Å². The number of hydrogen-bond donors (Lipinski definition) is 1. The van der Waals surface area contributed by atoms with Gasteiger partial charge in [0.15, 0.2) is 5.82 Å². The van der Waals surface area contributed by atoms with E-state index in [0.717, 1.165) is 31.7 Å². The number of benzene rings is 2. The van der Waals surface area contributed by atoms with E-state index in [0.29, 0.717) is 12.4 Å². The van der Waals surface area contributed by atoms with E-state index in [2.05, 4.69) is 26.2 Å². The van der Waals surface area contributed by atoms with Crippen molar-refractivity contribution >= 4 is 44.5 Å². The van der Waals surface area contributed by atoms with Gasteiger partial charge in [-0.3, -0.25) is 4.79 Å². The number of nitrogens with zero attached hydrogens (tertiary/aromatic N) is 2. The third-order valence-electron chi connectivity index (χ3n) is 4.05. The van der Waals surface area contributed by atoms with E-state index in [1.54, 1.807) is 12.3 Å². The van der Waals surface area contributed by atoms with Gasteiger partial charge in [0.2, 0.25) is 5.91 Å². The number of aromatic nitrogens is 2. The average molecular weight is 454 g/mol. The van der Waals surface area contributed by atoms with Crippen molar-refractivity contribution in [3.8, 4) is 11.4 Å². The van der Waals surface area contributed by atoms with Crippen LogP contribution in [0.1, 0.15) is 5.76 Å². The van der Waals surface area contributed by atoms with Crippen molar-refractivity contribution in [2.45, 2.75) is 11.6 Å². The second-order valence-corrected chi connectivity index (χ2v) is 7.90. The van der Waals surface area contributed by atoms with Crippen LogP contribution in [0.3, 0.4) is 0 Å². The summed E-state index contributed by atoms with van der Waals surface area (Å²) >= 11 is 4.85. The van der Waals surface area contributed by atoms with Crippen molar-refractivity contribution in [3.05, 3.63) is 77.2 Å². The van der Waals surface area contributed by atoms with Gasteiger partial charge in [0.1, 0.15) is 10.8 Å². The molecule has 0 fully saturated rings. The molecule has 1 N–H and O–H groups in total. The number of hydrogen-bond acceptors (Lipinski definition) is 5. The molecular formula is C21H16BrN3O2S. The lowest BCUT2D eigenvalue weighted by atomic mass is 10.2. The maximum atomic E-state index is 12.2. The van der Waals surface area contributed by atoms with Crippen LogP contribution in [0.15, 0.2) is 80.8 Å². The largest absolute Gasteiger partial charge is 0.467 e. The van der Waals surface area contributed by atoms with Crippen LogP contribution in [-0.4, -0.2) is 21.6 Å². The molecule has 0 radical (unpaired) electrons. The van der Waals surface area contributed by atoms with Gasteiger partial charge in [-0.2, -0.15) is 0 Å². The van der Waals surface area contributed by atoms with E-state index in [1.165, 1.54) is 11.8 Å². The van der Waals surface area contributed by atoms with E-state index in [4.69, 9.17) is 9.40 Å². The minimum atomic E-state index is -0.0747. The molecule has 0 spiro atoms. The SMILES string of the molecule is O=C(CSc1nc(-c2ccc(Br)cc2)nc2ccccc12)NCc1ccco1. The summed E-state index contributed by atoms with van der Waals surface area (Å²) in [6.07, 6.45) is 1.59. The first-order valence-electron chi connectivity index (χ1n) is 8.63. The number of rotatable bonds is 6. The van der Waals surface area contributed by atoms with E-state index >= 15 is 0 Å². The topological polar surface area (TPSA) is 68.0 Å². The van der Waals surface area contributed by atoms with Gasteiger partial charge in [0.05, 0.1) is 24.1 Å². The van der Waals surface area contributed by atoms with Crippen LogP contribution < -0.4 is 5.32 Å². The highest BCUT2D eigenvalue weighted by atomic mass is 79.9. The molecule has 0 saturated carbocycles. The first kappa shape index (κ1) is 18.7. The Balaban J connectivity index is 1.55. The van der Waals surface area contributed by atoms with Crippen LogP contribution in [0, 0.1) is 0 Å². The molecule has 0 atom stereocenters. The number of nitrogens with one attached hydrogen (secondary N) is 1. The van der Waals surface area contributed by atoms with Gasteiger partial charge in [-0.15, -0.1) is 0 Å². The minimum Gasteiger partial charge on any atom is -0.467 e. The normalized spacial score (nSPS) is 10.9. The number of halogens is 1. The van der Waals surface area contributed by atoms with Gasteiger partial charge in [-0.05, 0) is 30.3 Å². The van der Waals surface area contributed by atoms with Gasteiger partial charge in [0, 0.05) is 15.4 Å². The second kappa shape index (κ2) is 8.58. The van der Waals surface area contributed by atoms with Crippen LogP contribution in [0.5, 0.6) is 0 Å². The molecule has 0 bridgehead atoms. The number of amides is 1. The average Bonchev–Trinajstić information content (AvgIpc) is 3.24. The number of carbonyl (C=O) groups is 1. The first-order chi connectivity index (χ1) is 13.7. The van der Waals surface area contributed by atoms with Crippen LogP contribution in [0.4, 0.5) is 0 Å². The Bertz CT molecular complexity index is 1100. The van der Waals surface area contributed by atoms with Crippen molar-refractivity contribution in [3.63, 3.8) is 0 Å². The molecule has 7 heteroatoms. The smallest absolute Gasteiger partial charge is 0.230 e. The summed E-state index contributed by atoms with van der Waals surface area (Å²) in [4.78, 5) is 21.6. The molecular weight excluding hydrogens is 438 g/mol. The van der Waals surface area contributed by atoms with Crippen LogP contribution in [0.25, 0.3) is 22.3 Å². The Morgan fingerprint density at radius 3 is 2.64 bits per heavy atom. The monoisotopic (exact) mass is 453 g/mol. The Labute approximate surface area is 174 Å². The van der Waals surface area contributed by atoms with Gasteiger partial charge in [0.25, 0.3) is 0 Å². The molecule has 4 aromatic rings. The second-order valence-electron chi connectivity index (χ2n) is 6.02. The first-order valence-corrected chi connectivity index (χ1v) is 10.4. The zero-order chi connectivity index (χ0) is 19.3. The zero-order valence-electron chi connectivity index (χ0n) is 14.8. The number of fused-ring (bicyclic) bond motifs is 1. The molecule has 0 aliphatic heterocycles. The number of thioether (sulfide) groups is 1. The molecule has 1 amide bonds. The van der Waals surface area contributed by atoms with E-state index < -0.39 is 0 Å². The molecule has 0 saturated heterocycles. The summed E-state index contributed by atoms with van der Waals surface area (Å²) in [6.45, 7) is 0.376. The Morgan fingerprint density at radius 2 is 1.86 bits per heavy atom. The predicted octanol–water partition coefficient (Wildman–Crippen LogP) is 5.06. The maximum Gasteiger partial charge on any atom is 0.230 e. The van der Waals surface area contributed by atoms with Gasteiger partial charge in [-0.25, -0.2) is 9.97 Å². The lowest BCUT2D eigenvalue weighted by Crippen LogP contribution is -2.24. The highest BCUT2D eigenvalue weighted by Gasteiger charge is 2.12. The maximum absolute atomic E-state index is 12.2. The lowest BCUT2D eigenvalue weighted by Gasteiger charge is -2.09. The summed E-state index contributed by atoms with van der Waals surface area (Å²) in [7, 11) is 0. The summed E-state index contributed by atoms with van der Waals surface area (Å²) in [6, 6.07) is 19.3. The highest BCUT2D eigenvalue weighted by molar-refractivity contribution is 9.10. The quantitative estimate of drug-likeness (QED) is 0.326. The van der Waals surface area contributed by atoms with E-state index in [9.17, 15) is 4.79 Å². The summed E-state index contributed by atoms with van der Waals surface area (Å²) in [5.74, 6) is 1.56. The summed E-state index contributed by atoms with van der Waals surface area (Å²) in [5, 5.41) is 4.58. The third kappa shape index (κ3) is 4.43. The molecule has 140 valence electrons. The molecule has 0 unspecified atom stereocenters. The van der Waals surface area contributed by atoms with Crippen LogP contribution in [-0.2, 0) is 11.3 Å². The van der Waals surface area contributed by atoms with Gasteiger partial charge >= 0.3 is 0 Å². The van der Waals surface area contributed by atoms with Crippen molar-refractivity contribution in [2.75, 3.05) is 5.75 Å².